The van der Waals surface area contributed by atoms with Crippen molar-refractivity contribution in [1.82, 2.24) is 5.32 Å². The van der Waals surface area contributed by atoms with Crippen LogP contribution in [0.2, 0.25) is 20.1 Å². The van der Waals surface area contributed by atoms with Crippen LogP contribution < -0.4 is 16.0 Å². The Bertz CT molecular complexity index is 946. The highest BCUT2D eigenvalue weighted by molar-refractivity contribution is 6.44. The van der Waals surface area contributed by atoms with Gasteiger partial charge in [-0.2, -0.15) is 0 Å². The Morgan fingerprint density at radius 2 is 1.57 bits per heavy atom. The summed E-state index contributed by atoms with van der Waals surface area (Å²) in [4.78, 5) is 24.9. The van der Waals surface area contributed by atoms with Gasteiger partial charge in [-0.05, 0) is 43.2 Å². The van der Waals surface area contributed by atoms with Crippen LogP contribution in [0.4, 0.5) is 11.4 Å². The van der Waals surface area contributed by atoms with Gasteiger partial charge in [0.05, 0.1) is 37.9 Å². The number of nitrogens with one attached hydrogen (secondary N) is 3. The third-order valence-electron chi connectivity index (χ3n) is 4.89. The average Bonchev–Trinajstić information content (AvgIpc) is 2.72. The van der Waals surface area contributed by atoms with E-state index in [0.29, 0.717) is 27.0 Å². The smallest absolute Gasteiger partial charge is 0.253 e. The molecule has 0 saturated heterocycles. The molecule has 1 fully saturated rings. The second-order valence-corrected chi connectivity index (χ2v) is 8.78. The number of carbonyl (C=O) groups is 2. The largest absolute Gasteiger partial charge is 0.376 e. The second kappa shape index (κ2) is 10.6. The lowest BCUT2D eigenvalue weighted by Crippen LogP contribution is -2.36. The van der Waals surface area contributed by atoms with Crippen LogP contribution in [-0.4, -0.2) is 24.4 Å². The summed E-state index contributed by atoms with van der Waals surface area (Å²) >= 11 is 24.2. The first-order valence-corrected chi connectivity index (χ1v) is 11.1. The third-order valence-corrected chi connectivity index (χ3v) is 6.25. The molecule has 0 radical (unpaired) electrons. The normalized spacial score (nSPS) is 14.3. The van der Waals surface area contributed by atoms with E-state index in [-0.39, 0.29) is 34.4 Å². The molecule has 1 aliphatic rings. The minimum Gasteiger partial charge on any atom is -0.376 e. The van der Waals surface area contributed by atoms with Gasteiger partial charge in [0.2, 0.25) is 5.91 Å². The summed E-state index contributed by atoms with van der Waals surface area (Å²) < 4.78 is 0. The molecule has 0 aliphatic heterocycles. The average molecular weight is 489 g/mol. The Hall–Kier alpha value is -1.66. The van der Waals surface area contributed by atoms with Crippen molar-refractivity contribution in [3.63, 3.8) is 0 Å². The van der Waals surface area contributed by atoms with Crippen LogP contribution in [0.25, 0.3) is 0 Å². The fourth-order valence-electron chi connectivity index (χ4n) is 3.31. The van der Waals surface area contributed by atoms with Crippen LogP contribution in [0.15, 0.2) is 30.3 Å². The summed E-state index contributed by atoms with van der Waals surface area (Å²) in [5, 5.41) is 9.94. The van der Waals surface area contributed by atoms with Gasteiger partial charge in [0, 0.05) is 11.7 Å². The van der Waals surface area contributed by atoms with Crippen molar-refractivity contribution in [2.45, 2.75) is 38.1 Å². The molecule has 5 nitrogen and oxygen atoms in total. The molecule has 0 spiro atoms. The van der Waals surface area contributed by atoms with E-state index in [4.69, 9.17) is 46.4 Å². The number of hydrogen-bond donors (Lipinski definition) is 3. The molecule has 0 atom stereocenters. The molecule has 2 aromatic carbocycles. The lowest BCUT2D eigenvalue weighted by atomic mass is 9.95. The van der Waals surface area contributed by atoms with Gasteiger partial charge >= 0.3 is 0 Å². The molecule has 30 heavy (non-hydrogen) atoms. The molecule has 160 valence electrons. The number of amides is 2. The Kier molecular flexibility index (Phi) is 8.12. The van der Waals surface area contributed by atoms with E-state index in [0.717, 1.165) is 25.7 Å². The summed E-state index contributed by atoms with van der Waals surface area (Å²) in [6, 6.07) is 8.11. The van der Waals surface area contributed by atoms with Gasteiger partial charge in [0.1, 0.15) is 0 Å². The first-order valence-electron chi connectivity index (χ1n) is 9.62. The first kappa shape index (κ1) is 23.0. The second-order valence-electron chi connectivity index (χ2n) is 7.15. The predicted octanol–water partition coefficient (Wildman–Crippen LogP) is 6.41. The van der Waals surface area contributed by atoms with Crippen molar-refractivity contribution < 1.29 is 9.59 Å². The fourth-order valence-corrected chi connectivity index (χ4v) is 4.11. The Morgan fingerprint density at radius 3 is 2.30 bits per heavy atom. The van der Waals surface area contributed by atoms with Crippen LogP contribution in [0.1, 0.15) is 42.5 Å². The van der Waals surface area contributed by atoms with E-state index in [1.807, 2.05) is 0 Å². The zero-order valence-corrected chi connectivity index (χ0v) is 19.1. The number of halogens is 4. The summed E-state index contributed by atoms with van der Waals surface area (Å²) in [6.07, 6.45) is 5.43. The van der Waals surface area contributed by atoms with Crippen LogP contribution >= 0.6 is 46.4 Å². The third kappa shape index (κ3) is 6.17. The summed E-state index contributed by atoms with van der Waals surface area (Å²) in [7, 11) is 0. The highest BCUT2D eigenvalue weighted by atomic mass is 35.5. The van der Waals surface area contributed by atoms with Crippen molar-refractivity contribution in [2.75, 3.05) is 17.2 Å². The first-order chi connectivity index (χ1) is 14.3. The summed E-state index contributed by atoms with van der Waals surface area (Å²) in [6.45, 7) is -0.0398. The van der Waals surface area contributed by atoms with Crippen molar-refractivity contribution >= 4 is 69.6 Å². The van der Waals surface area contributed by atoms with Gasteiger partial charge in [-0.3, -0.25) is 9.59 Å². The molecular formula is C21H21Cl4N3O2. The molecule has 3 N–H and O–H groups in total. The van der Waals surface area contributed by atoms with Crippen molar-refractivity contribution in [2.24, 2.45) is 0 Å². The van der Waals surface area contributed by atoms with Gasteiger partial charge in [-0.1, -0.05) is 65.7 Å². The monoisotopic (exact) mass is 487 g/mol. The van der Waals surface area contributed by atoms with E-state index in [9.17, 15) is 9.59 Å². The van der Waals surface area contributed by atoms with Crippen molar-refractivity contribution in [3.05, 3.63) is 56.0 Å². The van der Waals surface area contributed by atoms with Gasteiger partial charge in [0.25, 0.3) is 5.91 Å². The molecule has 9 heteroatoms. The molecule has 2 amide bonds. The topological polar surface area (TPSA) is 70.2 Å². The number of anilines is 2. The predicted molar refractivity (Wildman–Crippen MR) is 124 cm³/mol. The summed E-state index contributed by atoms with van der Waals surface area (Å²) in [5.74, 6) is -0.541. The van der Waals surface area contributed by atoms with Gasteiger partial charge in [0.15, 0.2) is 0 Å². The van der Waals surface area contributed by atoms with Gasteiger partial charge < -0.3 is 16.0 Å². The maximum atomic E-state index is 12.6. The number of rotatable bonds is 6. The fraction of sp³-hybridized carbons (Fsp3) is 0.333. The zero-order chi connectivity index (χ0) is 21.7. The van der Waals surface area contributed by atoms with Gasteiger partial charge in [-0.15, -0.1) is 0 Å². The van der Waals surface area contributed by atoms with Gasteiger partial charge in [-0.25, -0.2) is 0 Å². The van der Waals surface area contributed by atoms with Crippen molar-refractivity contribution in [1.29, 1.82) is 0 Å². The van der Waals surface area contributed by atoms with E-state index in [1.54, 1.807) is 18.2 Å². The highest BCUT2D eigenvalue weighted by Gasteiger charge is 2.19. The molecule has 0 unspecified atom stereocenters. The maximum absolute atomic E-state index is 12.6. The van der Waals surface area contributed by atoms with Crippen LogP contribution in [0.5, 0.6) is 0 Å². The minimum atomic E-state index is -0.335. The summed E-state index contributed by atoms with van der Waals surface area (Å²) in [5.41, 5.74) is 1.34. The molecule has 3 rings (SSSR count). The molecule has 2 aromatic rings. The quantitative estimate of drug-likeness (QED) is 0.411. The van der Waals surface area contributed by atoms with Crippen LogP contribution in [0, 0.1) is 0 Å². The van der Waals surface area contributed by atoms with Crippen LogP contribution in [-0.2, 0) is 4.79 Å². The Morgan fingerprint density at radius 1 is 0.867 bits per heavy atom. The van der Waals surface area contributed by atoms with E-state index in [1.165, 1.54) is 18.6 Å². The minimum absolute atomic E-state index is 0.0398. The number of benzene rings is 2. The van der Waals surface area contributed by atoms with Crippen molar-refractivity contribution in [3.8, 4) is 0 Å². The molecule has 0 aromatic heterocycles. The van der Waals surface area contributed by atoms with E-state index < -0.39 is 0 Å². The number of carbonyl (C=O) groups excluding carboxylic acids is 2. The standard InChI is InChI=1S/C21H21Cl4N3O2/c22-15-7-6-13(8-14(15)21(30)27-12-4-2-1-3-5-12)26-11-20(29)28-19-10-17(24)16(23)9-18(19)25/h6-10,12,26H,1-5,11H2,(H,27,30)(H,28,29). The zero-order valence-electron chi connectivity index (χ0n) is 16.0. The molecule has 0 bridgehead atoms. The Labute approximate surface area is 195 Å². The Balaban J connectivity index is 1.60. The van der Waals surface area contributed by atoms with E-state index in [2.05, 4.69) is 16.0 Å². The lowest BCUT2D eigenvalue weighted by molar-refractivity contribution is -0.114. The SMILES string of the molecule is O=C(CNc1ccc(Cl)c(C(=O)NC2CCCCC2)c1)Nc1cc(Cl)c(Cl)cc1Cl. The maximum Gasteiger partial charge on any atom is 0.253 e. The lowest BCUT2D eigenvalue weighted by Gasteiger charge is -2.23. The number of hydrogen-bond acceptors (Lipinski definition) is 3. The molecule has 1 saturated carbocycles. The highest BCUT2D eigenvalue weighted by Crippen LogP contribution is 2.32. The molecular weight excluding hydrogens is 468 g/mol. The van der Waals surface area contributed by atoms with E-state index >= 15 is 0 Å². The molecule has 0 heterocycles. The molecule has 1 aliphatic carbocycles. The van der Waals surface area contributed by atoms with Crippen LogP contribution in [0.3, 0.4) is 0 Å².